The average molecular weight is 490 g/mol. The molecular weight excluding hydrogens is 454 g/mol. The third kappa shape index (κ3) is 5.14. The van der Waals surface area contributed by atoms with Gasteiger partial charge in [0.2, 0.25) is 17.7 Å². The summed E-state index contributed by atoms with van der Waals surface area (Å²) < 4.78 is 0. The minimum absolute atomic E-state index is 0.000906. The van der Waals surface area contributed by atoms with Gasteiger partial charge in [-0.25, -0.2) is 0 Å². The number of nitrogens with one attached hydrogen (secondary N) is 1. The van der Waals surface area contributed by atoms with Gasteiger partial charge >= 0.3 is 0 Å². The first-order valence-electron chi connectivity index (χ1n) is 12.5. The van der Waals surface area contributed by atoms with E-state index in [1.165, 1.54) is 0 Å². The number of amides is 3. The number of rotatable bonds is 8. The zero-order chi connectivity index (χ0) is 25.9. The van der Waals surface area contributed by atoms with Crippen molar-refractivity contribution in [3.63, 3.8) is 0 Å². The van der Waals surface area contributed by atoms with Crippen LogP contribution in [-0.4, -0.2) is 52.3 Å². The zero-order valence-electron chi connectivity index (χ0n) is 20.9. The molecule has 1 fully saturated rings. The first kappa shape index (κ1) is 25.4. The fourth-order valence-electron chi connectivity index (χ4n) is 5.29. The van der Waals surface area contributed by atoms with Gasteiger partial charge in [-0.05, 0) is 56.4 Å². The minimum atomic E-state index is -1.48. The highest BCUT2D eigenvalue weighted by molar-refractivity contribution is 5.93. The molecule has 1 aliphatic rings. The first-order valence-corrected chi connectivity index (χ1v) is 12.5. The topological polar surface area (TPSA) is 126 Å². The molecule has 5 N–H and O–H groups in total. The second kappa shape index (κ2) is 10.5. The number of hydrogen-bond acceptors (Lipinski definition) is 4. The Hall–Kier alpha value is -3.65. The number of para-hydroxylation sites is 2. The molecular formula is C28H35N5O3. The molecule has 3 amide bonds. The molecule has 0 spiro atoms. The summed E-state index contributed by atoms with van der Waals surface area (Å²) in [6.45, 7) is 4.09. The van der Waals surface area contributed by atoms with E-state index in [0.717, 1.165) is 22.2 Å². The fourth-order valence-corrected chi connectivity index (χ4v) is 5.29. The van der Waals surface area contributed by atoms with Crippen molar-refractivity contribution in [3.05, 3.63) is 66.4 Å². The second-order valence-corrected chi connectivity index (χ2v) is 9.88. The SMILES string of the molecule is CC(=O)N(c1ccccc1)C1CCN(C(=O)C(CCc2c[nH]c3ccccc23)C(C)(N)C(N)=O)CC1. The van der Waals surface area contributed by atoms with Gasteiger partial charge in [0.25, 0.3) is 0 Å². The van der Waals surface area contributed by atoms with Crippen molar-refractivity contribution in [2.24, 2.45) is 17.4 Å². The van der Waals surface area contributed by atoms with Crippen molar-refractivity contribution in [3.8, 4) is 0 Å². The van der Waals surface area contributed by atoms with E-state index >= 15 is 0 Å². The molecule has 4 rings (SSSR count). The van der Waals surface area contributed by atoms with Crippen LogP contribution in [0.2, 0.25) is 0 Å². The number of nitrogens with two attached hydrogens (primary N) is 2. The Balaban J connectivity index is 1.48. The Morgan fingerprint density at radius 1 is 1.08 bits per heavy atom. The summed E-state index contributed by atoms with van der Waals surface area (Å²) in [5, 5.41) is 1.09. The first-order chi connectivity index (χ1) is 17.2. The number of aryl methyl sites for hydroxylation is 1. The zero-order valence-corrected chi connectivity index (χ0v) is 20.9. The largest absolute Gasteiger partial charge is 0.368 e. The van der Waals surface area contributed by atoms with E-state index in [1.807, 2.05) is 65.7 Å². The molecule has 1 aromatic heterocycles. The monoisotopic (exact) mass is 489 g/mol. The minimum Gasteiger partial charge on any atom is -0.368 e. The number of aromatic amines is 1. The maximum Gasteiger partial charge on any atom is 0.238 e. The molecule has 1 saturated heterocycles. The number of piperidine rings is 1. The maximum atomic E-state index is 13.7. The van der Waals surface area contributed by atoms with Crippen LogP contribution in [0.1, 0.15) is 38.7 Å². The lowest BCUT2D eigenvalue weighted by Crippen LogP contribution is -2.60. The van der Waals surface area contributed by atoms with Gasteiger partial charge in [-0.15, -0.1) is 0 Å². The molecule has 0 aliphatic carbocycles. The van der Waals surface area contributed by atoms with E-state index in [2.05, 4.69) is 4.98 Å². The van der Waals surface area contributed by atoms with Gasteiger partial charge in [0, 0.05) is 48.8 Å². The summed E-state index contributed by atoms with van der Waals surface area (Å²) in [4.78, 5) is 45.3. The van der Waals surface area contributed by atoms with Crippen molar-refractivity contribution < 1.29 is 14.4 Å². The molecule has 8 heteroatoms. The number of primary amides is 1. The van der Waals surface area contributed by atoms with Crippen molar-refractivity contribution in [2.45, 2.75) is 51.1 Å². The summed E-state index contributed by atoms with van der Waals surface area (Å²) >= 11 is 0. The molecule has 3 aromatic rings. The molecule has 1 aliphatic heterocycles. The van der Waals surface area contributed by atoms with Crippen LogP contribution in [0.25, 0.3) is 10.9 Å². The lowest BCUT2D eigenvalue weighted by atomic mass is 9.80. The molecule has 2 heterocycles. The fraction of sp³-hybridized carbons (Fsp3) is 0.393. The van der Waals surface area contributed by atoms with Gasteiger partial charge in [-0.2, -0.15) is 0 Å². The van der Waals surface area contributed by atoms with Crippen molar-refractivity contribution in [2.75, 3.05) is 18.0 Å². The van der Waals surface area contributed by atoms with Crippen LogP contribution in [0.15, 0.2) is 60.8 Å². The van der Waals surface area contributed by atoms with Crippen LogP contribution >= 0.6 is 0 Å². The average Bonchev–Trinajstić information content (AvgIpc) is 3.28. The Bertz CT molecular complexity index is 1230. The number of H-pyrrole nitrogens is 1. The highest BCUT2D eigenvalue weighted by Gasteiger charge is 2.43. The summed E-state index contributed by atoms with van der Waals surface area (Å²) in [6.07, 6.45) is 4.22. The summed E-state index contributed by atoms with van der Waals surface area (Å²) in [7, 11) is 0. The van der Waals surface area contributed by atoms with Crippen LogP contribution in [0.3, 0.4) is 0 Å². The van der Waals surface area contributed by atoms with Gasteiger partial charge < -0.3 is 26.3 Å². The van der Waals surface area contributed by atoms with Gasteiger partial charge in [0.15, 0.2) is 0 Å². The predicted molar refractivity (Wildman–Crippen MR) is 141 cm³/mol. The summed E-state index contributed by atoms with van der Waals surface area (Å²) in [5.74, 6) is -1.63. The lowest BCUT2D eigenvalue weighted by molar-refractivity contribution is -0.143. The number of carbonyl (C=O) groups excluding carboxylic acids is 3. The molecule has 190 valence electrons. The number of aromatic nitrogens is 1. The van der Waals surface area contributed by atoms with Crippen LogP contribution in [0.4, 0.5) is 5.69 Å². The standard InChI is InChI=1S/C28H35N5O3/c1-19(34)33(21-8-4-3-5-9-21)22-14-16-32(17-15-22)26(35)24(28(2,30)27(29)36)13-12-20-18-31-25-11-7-6-10-23(20)25/h3-11,18,22,24,31H,12-17,30H2,1-2H3,(H2,29,36). The van der Waals surface area contributed by atoms with E-state index in [4.69, 9.17) is 11.5 Å². The number of carbonyl (C=O) groups is 3. The molecule has 0 bridgehead atoms. The van der Waals surface area contributed by atoms with Gasteiger partial charge in [-0.1, -0.05) is 36.4 Å². The Labute approximate surface area is 211 Å². The number of benzene rings is 2. The molecule has 2 unspecified atom stereocenters. The number of fused-ring (bicyclic) bond motifs is 1. The molecule has 2 aromatic carbocycles. The summed E-state index contributed by atoms with van der Waals surface area (Å²) in [5.41, 5.74) is 13.5. The Morgan fingerprint density at radius 3 is 2.36 bits per heavy atom. The number of hydrogen-bond donors (Lipinski definition) is 3. The smallest absolute Gasteiger partial charge is 0.238 e. The molecule has 0 radical (unpaired) electrons. The third-order valence-electron chi connectivity index (χ3n) is 7.45. The lowest BCUT2D eigenvalue weighted by Gasteiger charge is -2.41. The van der Waals surface area contributed by atoms with Crippen LogP contribution in [-0.2, 0) is 20.8 Å². The van der Waals surface area contributed by atoms with Crippen LogP contribution < -0.4 is 16.4 Å². The normalized spacial score (nSPS) is 16.9. The quantitative estimate of drug-likeness (QED) is 0.450. The van der Waals surface area contributed by atoms with Crippen molar-refractivity contribution in [1.29, 1.82) is 0 Å². The van der Waals surface area contributed by atoms with E-state index in [9.17, 15) is 14.4 Å². The van der Waals surface area contributed by atoms with Crippen molar-refractivity contribution in [1.82, 2.24) is 9.88 Å². The van der Waals surface area contributed by atoms with Crippen molar-refractivity contribution >= 4 is 34.3 Å². The summed E-state index contributed by atoms with van der Waals surface area (Å²) in [6, 6.07) is 17.6. The van der Waals surface area contributed by atoms with E-state index < -0.39 is 17.4 Å². The number of likely N-dealkylation sites (tertiary alicyclic amines) is 1. The van der Waals surface area contributed by atoms with Crippen LogP contribution in [0.5, 0.6) is 0 Å². The van der Waals surface area contributed by atoms with E-state index in [-0.39, 0.29) is 17.9 Å². The second-order valence-electron chi connectivity index (χ2n) is 9.88. The third-order valence-corrected chi connectivity index (χ3v) is 7.45. The highest BCUT2D eigenvalue weighted by Crippen LogP contribution is 2.29. The number of nitrogens with zero attached hydrogens (tertiary/aromatic N) is 2. The molecule has 8 nitrogen and oxygen atoms in total. The Kier molecular flexibility index (Phi) is 7.45. The highest BCUT2D eigenvalue weighted by atomic mass is 16.2. The van der Waals surface area contributed by atoms with Gasteiger partial charge in [0.05, 0.1) is 5.92 Å². The molecule has 2 atom stereocenters. The molecule has 0 saturated carbocycles. The van der Waals surface area contributed by atoms with Crippen LogP contribution in [0, 0.1) is 5.92 Å². The Morgan fingerprint density at radius 2 is 1.72 bits per heavy atom. The predicted octanol–water partition coefficient (Wildman–Crippen LogP) is 2.96. The molecule has 36 heavy (non-hydrogen) atoms. The van der Waals surface area contributed by atoms with Gasteiger partial charge in [-0.3, -0.25) is 14.4 Å². The van der Waals surface area contributed by atoms with E-state index in [0.29, 0.717) is 38.8 Å². The number of anilines is 1. The van der Waals surface area contributed by atoms with Gasteiger partial charge in [0.1, 0.15) is 5.54 Å². The van der Waals surface area contributed by atoms with E-state index in [1.54, 1.807) is 18.7 Å². The maximum absolute atomic E-state index is 13.7.